The molecule has 3 amide bonds. The molecular formula is C21H25N3O4. The van der Waals surface area contributed by atoms with E-state index in [9.17, 15) is 14.4 Å². The van der Waals surface area contributed by atoms with E-state index in [1.807, 2.05) is 30.3 Å². The Bertz CT molecular complexity index is 789. The molecule has 1 aliphatic heterocycles. The first kappa shape index (κ1) is 19.7. The summed E-state index contributed by atoms with van der Waals surface area (Å²) in [6.07, 6.45) is 3.11. The van der Waals surface area contributed by atoms with Crippen LogP contribution in [0, 0.1) is 0 Å². The van der Waals surface area contributed by atoms with Gasteiger partial charge in [-0.2, -0.15) is 0 Å². The monoisotopic (exact) mass is 383 g/mol. The maximum absolute atomic E-state index is 12.6. The van der Waals surface area contributed by atoms with Crippen LogP contribution in [0.2, 0.25) is 0 Å². The van der Waals surface area contributed by atoms with Crippen LogP contribution in [0.25, 0.3) is 0 Å². The number of nitrogens with zero attached hydrogens (tertiary/aromatic N) is 1. The van der Waals surface area contributed by atoms with E-state index in [1.54, 1.807) is 17.0 Å². The van der Waals surface area contributed by atoms with Gasteiger partial charge in [0.25, 0.3) is 5.91 Å². The molecule has 2 heterocycles. The Balaban J connectivity index is 1.68. The summed E-state index contributed by atoms with van der Waals surface area (Å²) in [4.78, 5) is 39.0. The molecule has 1 aromatic carbocycles. The molecule has 28 heavy (non-hydrogen) atoms. The number of nitrogens with one attached hydrogen (secondary N) is 2. The van der Waals surface area contributed by atoms with Crippen molar-refractivity contribution < 1.29 is 18.8 Å². The first-order chi connectivity index (χ1) is 13.6. The third-order valence-corrected chi connectivity index (χ3v) is 4.70. The van der Waals surface area contributed by atoms with Crippen LogP contribution in [-0.2, 0) is 9.59 Å². The lowest BCUT2D eigenvalue weighted by Crippen LogP contribution is -2.35. The highest BCUT2D eigenvalue weighted by atomic mass is 16.3. The van der Waals surface area contributed by atoms with Crippen LogP contribution in [0.3, 0.4) is 0 Å². The fourth-order valence-electron chi connectivity index (χ4n) is 3.26. The molecule has 1 saturated heterocycles. The largest absolute Gasteiger partial charge is 0.459 e. The molecule has 0 saturated carbocycles. The van der Waals surface area contributed by atoms with E-state index >= 15 is 0 Å². The fourth-order valence-corrected chi connectivity index (χ4v) is 3.26. The minimum absolute atomic E-state index is 0.127. The first-order valence-electron chi connectivity index (χ1n) is 9.57. The zero-order valence-corrected chi connectivity index (χ0v) is 15.7. The highest BCUT2D eigenvalue weighted by Gasteiger charge is 2.21. The van der Waals surface area contributed by atoms with Crippen LogP contribution in [-0.4, -0.2) is 42.3 Å². The second kappa shape index (κ2) is 9.73. The van der Waals surface area contributed by atoms with E-state index in [1.165, 1.54) is 6.26 Å². The molecule has 1 atom stereocenters. The molecule has 0 radical (unpaired) electrons. The fraction of sp³-hybridized carbons (Fsp3) is 0.381. The van der Waals surface area contributed by atoms with Gasteiger partial charge < -0.3 is 20.0 Å². The van der Waals surface area contributed by atoms with Gasteiger partial charge in [0.15, 0.2) is 5.76 Å². The molecule has 1 aromatic heterocycles. The molecule has 3 rings (SSSR count). The van der Waals surface area contributed by atoms with Gasteiger partial charge in [0.2, 0.25) is 11.8 Å². The molecule has 0 aliphatic carbocycles. The van der Waals surface area contributed by atoms with Gasteiger partial charge in [-0.25, -0.2) is 0 Å². The van der Waals surface area contributed by atoms with Crippen molar-refractivity contribution in [1.29, 1.82) is 0 Å². The van der Waals surface area contributed by atoms with E-state index < -0.39 is 0 Å². The maximum Gasteiger partial charge on any atom is 0.289 e. The molecule has 7 nitrogen and oxygen atoms in total. The molecule has 148 valence electrons. The summed E-state index contributed by atoms with van der Waals surface area (Å²) in [7, 11) is 0. The van der Waals surface area contributed by atoms with Crippen LogP contribution in [0.15, 0.2) is 53.1 Å². The number of carbonyl (C=O) groups excluding carboxylic acids is 3. The molecule has 2 aromatic rings. The number of furan rings is 1. The maximum atomic E-state index is 12.6. The van der Waals surface area contributed by atoms with E-state index in [-0.39, 0.29) is 42.4 Å². The van der Waals surface area contributed by atoms with E-state index in [0.29, 0.717) is 32.5 Å². The summed E-state index contributed by atoms with van der Waals surface area (Å²) in [5.74, 6) is -0.181. The van der Waals surface area contributed by atoms with Crippen LogP contribution < -0.4 is 10.6 Å². The SMILES string of the molecule is O=C1C[C@H](c2ccccc2)NC(=O)CCCN(C(=O)c2ccco2)CCCN1. The Kier molecular flexibility index (Phi) is 6.84. The summed E-state index contributed by atoms with van der Waals surface area (Å²) >= 11 is 0. The smallest absolute Gasteiger partial charge is 0.289 e. The summed E-state index contributed by atoms with van der Waals surface area (Å²) in [5, 5.41) is 5.83. The molecular weight excluding hydrogens is 358 g/mol. The molecule has 1 fully saturated rings. The second-order valence-corrected chi connectivity index (χ2v) is 6.81. The standard InChI is InChI=1S/C21H25N3O4/c25-19-10-4-12-24(21(27)18-9-5-14-28-18)13-6-11-22-20(26)15-17(23-19)16-7-2-1-3-8-16/h1-3,5,7-9,14,17H,4,6,10-13,15H2,(H,22,26)(H,23,25)/t17-/m1/s1. The van der Waals surface area contributed by atoms with Gasteiger partial charge in [0, 0.05) is 26.1 Å². The summed E-state index contributed by atoms with van der Waals surface area (Å²) in [6.45, 7) is 1.41. The number of amides is 3. The number of hydrogen-bond acceptors (Lipinski definition) is 4. The van der Waals surface area contributed by atoms with E-state index in [2.05, 4.69) is 10.6 Å². The third-order valence-electron chi connectivity index (χ3n) is 4.70. The molecule has 1 aliphatic rings. The lowest BCUT2D eigenvalue weighted by atomic mass is 10.0. The van der Waals surface area contributed by atoms with E-state index in [4.69, 9.17) is 4.42 Å². The zero-order chi connectivity index (χ0) is 19.8. The molecule has 0 unspecified atom stereocenters. The average Bonchev–Trinajstić information content (AvgIpc) is 3.24. The van der Waals surface area contributed by atoms with Gasteiger partial charge in [-0.3, -0.25) is 14.4 Å². The van der Waals surface area contributed by atoms with Crippen molar-refractivity contribution in [2.45, 2.75) is 31.7 Å². The van der Waals surface area contributed by atoms with Crippen LogP contribution in [0.1, 0.15) is 47.8 Å². The van der Waals surface area contributed by atoms with Gasteiger partial charge in [-0.05, 0) is 30.5 Å². The van der Waals surface area contributed by atoms with Gasteiger partial charge in [-0.1, -0.05) is 30.3 Å². The Morgan fingerprint density at radius 2 is 1.79 bits per heavy atom. The Morgan fingerprint density at radius 1 is 1.00 bits per heavy atom. The minimum Gasteiger partial charge on any atom is -0.459 e. The number of rotatable bonds is 2. The van der Waals surface area contributed by atoms with Crippen molar-refractivity contribution in [3.05, 3.63) is 60.1 Å². The van der Waals surface area contributed by atoms with Crippen molar-refractivity contribution in [2.24, 2.45) is 0 Å². The molecule has 2 N–H and O–H groups in total. The van der Waals surface area contributed by atoms with Crippen molar-refractivity contribution in [3.8, 4) is 0 Å². The summed E-state index contributed by atoms with van der Waals surface area (Å²) in [5.41, 5.74) is 0.899. The topological polar surface area (TPSA) is 91.7 Å². The van der Waals surface area contributed by atoms with Crippen molar-refractivity contribution in [1.82, 2.24) is 15.5 Å². The average molecular weight is 383 g/mol. The highest BCUT2D eigenvalue weighted by molar-refractivity contribution is 5.91. The van der Waals surface area contributed by atoms with Crippen molar-refractivity contribution in [3.63, 3.8) is 0 Å². The number of benzene rings is 1. The number of hydrogen-bond donors (Lipinski definition) is 2. The molecule has 7 heteroatoms. The van der Waals surface area contributed by atoms with Gasteiger partial charge >= 0.3 is 0 Å². The lowest BCUT2D eigenvalue weighted by Gasteiger charge is -2.21. The molecule has 0 spiro atoms. The summed E-state index contributed by atoms with van der Waals surface area (Å²) < 4.78 is 5.20. The second-order valence-electron chi connectivity index (χ2n) is 6.81. The van der Waals surface area contributed by atoms with Gasteiger partial charge in [0.1, 0.15) is 0 Å². The van der Waals surface area contributed by atoms with Crippen LogP contribution in [0.5, 0.6) is 0 Å². The van der Waals surface area contributed by atoms with Gasteiger partial charge in [-0.15, -0.1) is 0 Å². The zero-order valence-electron chi connectivity index (χ0n) is 15.7. The van der Waals surface area contributed by atoms with Crippen LogP contribution in [0.4, 0.5) is 0 Å². The predicted octanol–water partition coefficient (Wildman–Crippen LogP) is 2.27. The summed E-state index contributed by atoms with van der Waals surface area (Å²) in [6, 6.07) is 12.4. The van der Waals surface area contributed by atoms with Crippen LogP contribution >= 0.6 is 0 Å². The minimum atomic E-state index is -0.365. The molecule has 0 bridgehead atoms. The lowest BCUT2D eigenvalue weighted by molar-refractivity contribution is -0.123. The Labute approximate surface area is 164 Å². The Morgan fingerprint density at radius 3 is 2.54 bits per heavy atom. The Hall–Kier alpha value is -3.09. The first-order valence-corrected chi connectivity index (χ1v) is 9.57. The third kappa shape index (κ3) is 5.45. The quantitative estimate of drug-likeness (QED) is 0.832. The predicted molar refractivity (Wildman–Crippen MR) is 103 cm³/mol. The number of carbonyl (C=O) groups is 3. The van der Waals surface area contributed by atoms with Crippen molar-refractivity contribution >= 4 is 17.7 Å². The van der Waals surface area contributed by atoms with Crippen molar-refractivity contribution in [2.75, 3.05) is 19.6 Å². The highest BCUT2D eigenvalue weighted by Crippen LogP contribution is 2.17. The normalized spacial score (nSPS) is 19.6. The van der Waals surface area contributed by atoms with E-state index in [0.717, 1.165) is 5.56 Å². The van der Waals surface area contributed by atoms with Gasteiger partial charge in [0.05, 0.1) is 18.7 Å².